The molecule has 1 aliphatic rings. The summed E-state index contributed by atoms with van der Waals surface area (Å²) >= 11 is 0. The Labute approximate surface area is 194 Å². The standard InChI is InChI=1S/C23H33N4O5P/c1-14-12-26(13-15(2)27(14)22(29)32-23(3,4)5)17-10-9-16(21(28)31-6)19-20(17)25-18(11-24-19)33(7,8)30/h9-11,14-15H,12-13H2,1-8H3/t14-,15+. The average molecular weight is 477 g/mol. The highest BCUT2D eigenvalue weighted by Gasteiger charge is 2.36. The van der Waals surface area contributed by atoms with E-state index in [2.05, 4.69) is 14.9 Å². The third-order valence-corrected chi connectivity index (χ3v) is 6.81. The van der Waals surface area contributed by atoms with Crippen molar-refractivity contribution in [2.24, 2.45) is 0 Å². The van der Waals surface area contributed by atoms with Gasteiger partial charge in [0.05, 0.1) is 36.6 Å². The van der Waals surface area contributed by atoms with Crippen LogP contribution >= 0.6 is 7.14 Å². The van der Waals surface area contributed by atoms with Gasteiger partial charge in [-0.1, -0.05) is 0 Å². The van der Waals surface area contributed by atoms with Gasteiger partial charge in [-0.05, 0) is 60.1 Å². The summed E-state index contributed by atoms with van der Waals surface area (Å²) < 4.78 is 23.2. The van der Waals surface area contributed by atoms with Crippen LogP contribution in [0.15, 0.2) is 18.3 Å². The van der Waals surface area contributed by atoms with Crippen LogP contribution in [-0.4, -0.2) is 78.1 Å². The fourth-order valence-corrected chi connectivity index (χ4v) is 4.74. The van der Waals surface area contributed by atoms with E-state index in [0.717, 1.165) is 5.69 Å². The van der Waals surface area contributed by atoms with Crippen molar-refractivity contribution in [1.29, 1.82) is 0 Å². The lowest BCUT2D eigenvalue weighted by atomic mass is 10.1. The Balaban J connectivity index is 2.04. The molecule has 1 fully saturated rings. The second kappa shape index (κ2) is 8.93. The second-order valence-electron chi connectivity index (χ2n) is 9.89. The Hall–Kier alpha value is -2.67. The van der Waals surface area contributed by atoms with E-state index in [1.807, 2.05) is 40.7 Å². The minimum absolute atomic E-state index is 0.126. The highest BCUT2D eigenvalue weighted by atomic mass is 31.2. The number of nitrogens with zero attached hydrogens (tertiary/aromatic N) is 4. The summed E-state index contributed by atoms with van der Waals surface area (Å²) in [5.41, 5.74) is 1.77. The molecule has 2 atom stereocenters. The van der Waals surface area contributed by atoms with Gasteiger partial charge in [-0.3, -0.25) is 9.88 Å². The first-order valence-electron chi connectivity index (χ1n) is 10.9. The predicted molar refractivity (Wildman–Crippen MR) is 129 cm³/mol. The van der Waals surface area contributed by atoms with Gasteiger partial charge in [0.25, 0.3) is 0 Å². The highest BCUT2D eigenvalue weighted by molar-refractivity contribution is 7.69. The van der Waals surface area contributed by atoms with Crippen molar-refractivity contribution in [3.63, 3.8) is 0 Å². The predicted octanol–water partition coefficient (Wildman–Crippen LogP) is 3.50. The minimum atomic E-state index is -2.67. The molecule has 0 spiro atoms. The summed E-state index contributed by atoms with van der Waals surface area (Å²) in [6, 6.07) is 3.23. The summed E-state index contributed by atoms with van der Waals surface area (Å²) in [4.78, 5) is 38.1. The van der Waals surface area contributed by atoms with Gasteiger partial charge in [0.2, 0.25) is 0 Å². The van der Waals surface area contributed by atoms with Crippen LogP contribution in [0.25, 0.3) is 11.0 Å². The summed E-state index contributed by atoms with van der Waals surface area (Å²) in [5.74, 6) is -0.513. The molecular formula is C23H33N4O5P. The number of hydrogen-bond acceptors (Lipinski definition) is 8. The molecule has 0 saturated carbocycles. The lowest BCUT2D eigenvalue weighted by Crippen LogP contribution is -2.59. The highest BCUT2D eigenvalue weighted by Crippen LogP contribution is 2.36. The molecule has 9 nitrogen and oxygen atoms in total. The molecule has 2 heterocycles. The number of benzene rings is 1. The number of piperazine rings is 1. The van der Waals surface area contributed by atoms with Crippen molar-refractivity contribution < 1.29 is 23.6 Å². The van der Waals surface area contributed by atoms with Crippen molar-refractivity contribution in [2.75, 3.05) is 38.4 Å². The van der Waals surface area contributed by atoms with Crippen LogP contribution in [0.3, 0.4) is 0 Å². The van der Waals surface area contributed by atoms with E-state index < -0.39 is 18.7 Å². The zero-order valence-electron chi connectivity index (χ0n) is 20.6. The molecule has 1 amide bonds. The number of fused-ring (bicyclic) bond motifs is 1. The van der Waals surface area contributed by atoms with Gasteiger partial charge in [-0.25, -0.2) is 14.6 Å². The van der Waals surface area contributed by atoms with Gasteiger partial charge in [-0.2, -0.15) is 0 Å². The summed E-state index contributed by atoms with van der Waals surface area (Å²) in [6.07, 6.45) is 1.12. The van der Waals surface area contributed by atoms with Gasteiger partial charge in [0.1, 0.15) is 29.2 Å². The first kappa shape index (κ1) is 25.0. The maximum Gasteiger partial charge on any atom is 0.410 e. The molecule has 0 aliphatic carbocycles. The fraction of sp³-hybridized carbons (Fsp3) is 0.565. The Bertz CT molecular complexity index is 1110. The number of methoxy groups -OCH3 is 1. The molecule has 33 heavy (non-hydrogen) atoms. The molecule has 1 saturated heterocycles. The van der Waals surface area contributed by atoms with E-state index in [1.54, 1.807) is 24.3 Å². The number of esters is 1. The Morgan fingerprint density at radius 1 is 1.09 bits per heavy atom. The molecule has 0 bridgehead atoms. The largest absolute Gasteiger partial charge is 0.465 e. The molecule has 1 aromatic heterocycles. The number of ether oxygens (including phenoxy) is 2. The van der Waals surface area contributed by atoms with Crippen LogP contribution in [0.5, 0.6) is 0 Å². The number of carbonyl (C=O) groups excluding carboxylic acids is 2. The minimum Gasteiger partial charge on any atom is -0.465 e. The SMILES string of the molecule is COC(=O)c1ccc(N2C[C@@H](C)N(C(=O)OC(C)(C)C)[C@@H](C)C2)c2nc(P(C)(C)=O)cnc12. The monoisotopic (exact) mass is 476 g/mol. The van der Waals surface area contributed by atoms with Crippen LogP contribution in [0.1, 0.15) is 45.0 Å². The molecule has 10 heteroatoms. The average Bonchev–Trinajstić information content (AvgIpc) is 2.69. The Morgan fingerprint density at radius 2 is 1.70 bits per heavy atom. The van der Waals surface area contributed by atoms with E-state index in [-0.39, 0.29) is 18.2 Å². The van der Waals surface area contributed by atoms with E-state index in [4.69, 9.17) is 9.47 Å². The third-order valence-electron chi connectivity index (χ3n) is 5.49. The first-order valence-corrected chi connectivity index (χ1v) is 13.5. The van der Waals surface area contributed by atoms with Crippen molar-refractivity contribution >= 4 is 41.4 Å². The molecule has 3 rings (SSSR count). The molecule has 1 aliphatic heterocycles. The molecule has 2 aromatic rings. The van der Waals surface area contributed by atoms with Crippen LogP contribution in [0.2, 0.25) is 0 Å². The van der Waals surface area contributed by atoms with E-state index >= 15 is 0 Å². The Kier molecular flexibility index (Phi) is 6.76. The quantitative estimate of drug-likeness (QED) is 0.490. The zero-order chi connectivity index (χ0) is 24.7. The fourth-order valence-electron chi connectivity index (χ4n) is 4.06. The summed E-state index contributed by atoms with van der Waals surface area (Å²) in [7, 11) is -1.36. The van der Waals surface area contributed by atoms with Gasteiger partial charge in [0, 0.05) is 13.1 Å². The zero-order valence-corrected chi connectivity index (χ0v) is 21.5. The van der Waals surface area contributed by atoms with E-state index in [1.165, 1.54) is 13.3 Å². The number of anilines is 1. The van der Waals surface area contributed by atoms with Crippen LogP contribution in [-0.2, 0) is 14.0 Å². The lowest BCUT2D eigenvalue weighted by Gasteiger charge is -2.45. The molecule has 0 unspecified atom stereocenters. The van der Waals surface area contributed by atoms with Gasteiger partial charge in [-0.15, -0.1) is 0 Å². The van der Waals surface area contributed by atoms with Crippen LogP contribution < -0.4 is 10.3 Å². The second-order valence-corrected chi connectivity index (χ2v) is 13.1. The van der Waals surface area contributed by atoms with Crippen molar-refractivity contribution in [2.45, 2.75) is 52.3 Å². The maximum atomic E-state index is 12.8. The van der Waals surface area contributed by atoms with Gasteiger partial charge >= 0.3 is 12.1 Å². The van der Waals surface area contributed by atoms with E-state index in [0.29, 0.717) is 35.1 Å². The summed E-state index contributed by atoms with van der Waals surface area (Å²) in [6.45, 7) is 13.8. The molecule has 0 N–H and O–H groups in total. The van der Waals surface area contributed by atoms with Crippen LogP contribution in [0.4, 0.5) is 10.5 Å². The van der Waals surface area contributed by atoms with E-state index in [9.17, 15) is 14.2 Å². The number of rotatable bonds is 3. The Morgan fingerprint density at radius 3 is 2.21 bits per heavy atom. The number of carbonyl (C=O) groups is 2. The maximum absolute atomic E-state index is 12.8. The number of aromatic nitrogens is 2. The van der Waals surface area contributed by atoms with Crippen molar-refractivity contribution in [1.82, 2.24) is 14.9 Å². The molecule has 0 radical (unpaired) electrons. The smallest absolute Gasteiger partial charge is 0.410 e. The lowest BCUT2D eigenvalue weighted by molar-refractivity contribution is 0.00565. The van der Waals surface area contributed by atoms with Gasteiger partial charge in [0.15, 0.2) is 0 Å². The van der Waals surface area contributed by atoms with Crippen molar-refractivity contribution in [3.8, 4) is 0 Å². The number of hydrogen-bond donors (Lipinski definition) is 0. The van der Waals surface area contributed by atoms with Gasteiger partial charge < -0.3 is 18.9 Å². The molecular weight excluding hydrogens is 443 g/mol. The van der Waals surface area contributed by atoms with Crippen molar-refractivity contribution in [3.05, 3.63) is 23.9 Å². The molecule has 180 valence electrons. The topological polar surface area (TPSA) is 102 Å². The third kappa shape index (κ3) is 5.29. The molecule has 1 aromatic carbocycles. The summed E-state index contributed by atoms with van der Waals surface area (Å²) in [5, 5.41) is 0. The first-order chi connectivity index (χ1) is 15.2. The normalized spacial score (nSPS) is 19.5. The number of amides is 1. The van der Waals surface area contributed by atoms with Crippen LogP contribution in [0, 0.1) is 0 Å².